The van der Waals surface area contributed by atoms with E-state index in [0.29, 0.717) is 50.8 Å². The van der Waals surface area contributed by atoms with Crippen molar-refractivity contribution in [1.29, 1.82) is 0 Å². The molecule has 0 N–H and O–H groups in total. The van der Waals surface area contributed by atoms with E-state index in [1.807, 2.05) is 17.0 Å². The lowest BCUT2D eigenvalue weighted by atomic mass is 9.81. The molecular formula is C36H42ClN7O3. The molecule has 11 heteroatoms. The van der Waals surface area contributed by atoms with Crippen molar-refractivity contribution >= 4 is 39.8 Å². The van der Waals surface area contributed by atoms with Gasteiger partial charge in [-0.3, -0.25) is 4.79 Å². The van der Waals surface area contributed by atoms with Crippen molar-refractivity contribution in [1.82, 2.24) is 19.8 Å². The van der Waals surface area contributed by atoms with Crippen LogP contribution < -0.4 is 14.5 Å². The van der Waals surface area contributed by atoms with E-state index in [9.17, 15) is 4.79 Å². The molecule has 0 unspecified atom stereocenters. The number of hydrogen-bond donors (Lipinski definition) is 0. The zero-order valence-corrected chi connectivity index (χ0v) is 27.7. The highest BCUT2D eigenvalue weighted by Gasteiger charge is 2.54. The van der Waals surface area contributed by atoms with Gasteiger partial charge in [0, 0.05) is 48.9 Å². The Bertz CT molecular complexity index is 1700. The van der Waals surface area contributed by atoms with Gasteiger partial charge in [0.1, 0.15) is 18.5 Å². The summed E-state index contributed by atoms with van der Waals surface area (Å²) in [6.07, 6.45) is 6.29. The van der Waals surface area contributed by atoms with Gasteiger partial charge >= 0.3 is 6.01 Å². The molecule has 4 atom stereocenters. The van der Waals surface area contributed by atoms with Crippen molar-refractivity contribution in [2.24, 2.45) is 5.92 Å². The summed E-state index contributed by atoms with van der Waals surface area (Å²) in [6, 6.07) is 12.9. The number of benzene rings is 2. The summed E-state index contributed by atoms with van der Waals surface area (Å²) < 4.78 is 12.2. The van der Waals surface area contributed by atoms with Crippen LogP contribution in [0.15, 0.2) is 36.4 Å². The molecule has 0 radical (unpaired) electrons. The number of carbonyl (C=O) groups is 1. The van der Waals surface area contributed by atoms with Gasteiger partial charge in [0.15, 0.2) is 6.10 Å². The number of carbonyl (C=O) groups excluding carboxylic acids is 1. The summed E-state index contributed by atoms with van der Waals surface area (Å²) in [5.74, 6) is 1.44. The van der Waals surface area contributed by atoms with Gasteiger partial charge in [-0.15, -0.1) is 0 Å². The number of halogens is 1. The highest BCUT2D eigenvalue weighted by molar-refractivity contribution is 6.36. The fraction of sp³-hybridized carbons (Fsp3) is 0.556. The van der Waals surface area contributed by atoms with Crippen LogP contribution in [0.5, 0.6) is 6.01 Å². The molecule has 1 aromatic heterocycles. The predicted octanol–water partition coefficient (Wildman–Crippen LogP) is 4.82. The van der Waals surface area contributed by atoms with Gasteiger partial charge in [-0.05, 0) is 69.1 Å². The monoisotopic (exact) mass is 655 g/mol. The van der Waals surface area contributed by atoms with Crippen LogP contribution in [-0.4, -0.2) is 103 Å². The molecule has 1 amide bonds. The third-order valence-corrected chi connectivity index (χ3v) is 11.3. The van der Waals surface area contributed by atoms with E-state index in [0.717, 1.165) is 77.3 Å². The number of anilines is 2. The van der Waals surface area contributed by atoms with Crippen LogP contribution >= 0.6 is 11.6 Å². The van der Waals surface area contributed by atoms with Crippen LogP contribution in [0.4, 0.5) is 11.5 Å². The predicted molar refractivity (Wildman–Crippen MR) is 182 cm³/mol. The molecule has 47 heavy (non-hydrogen) atoms. The number of epoxide rings is 1. The van der Waals surface area contributed by atoms with Crippen LogP contribution in [0.25, 0.3) is 15.6 Å². The Balaban J connectivity index is 1.08. The highest BCUT2D eigenvalue weighted by Crippen LogP contribution is 2.43. The fourth-order valence-electron chi connectivity index (χ4n) is 8.03. The number of piperazine rings is 1. The third-order valence-electron chi connectivity index (χ3n) is 11.0. The van der Waals surface area contributed by atoms with Gasteiger partial charge in [0.2, 0.25) is 6.54 Å². The SMILES string of the molecule is [C-]#[N+]C[C@H]1CN(c2nc(OC[C@@H]3CCCN3C)nc3c2CCN(c2cccc4cccc(Cl)c24)C3)CCN1C(=O)[C@H]1O[C@H]1C1CCC1. The first kappa shape index (κ1) is 30.7. The van der Waals surface area contributed by atoms with E-state index < -0.39 is 0 Å². The van der Waals surface area contributed by atoms with Crippen molar-refractivity contribution in [2.45, 2.75) is 69.4 Å². The van der Waals surface area contributed by atoms with Crippen LogP contribution in [0.3, 0.4) is 0 Å². The molecule has 3 saturated heterocycles. The zero-order valence-electron chi connectivity index (χ0n) is 27.0. The van der Waals surface area contributed by atoms with E-state index in [1.165, 1.54) is 12.8 Å². The van der Waals surface area contributed by atoms with E-state index in [2.05, 4.69) is 50.9 Å². The van der Waals surface area contributed by atoms with Crippen LogP contribution in [0.2, 0.25) is 5.02 Å². The summed E-state index contributed by atoms with van der Waals surface area (Å²) in [6.45, 7) is 12.7. The Morgan fingerprint density at radius 3 is 2.66 bits per heavy atom. The second-order valence-corrected chi connectivity index (χ2v) is 14.2. The Morgan fingerprint density at radius 1 is 1.04 bits per heavy atom. The first-order valence-corrected chi connectivity index (χ1v) is 17.6. The topological polar surface area (TPSA) is 81.9 Å². The average Bonchev–Trinajstić information content (AvgIpc) is 3.72. The van der Waals surface area contributed by atoms with Gasteiger partial charge in [-0.25, -0.2) is 6.57 Å². The highest BCUT2D eigenvalue weighted by atomic mass is 35.5. The summed E-state index contributed by atoms with van der Waals surface area (Å²) in [7, 11) is 2.15. The molecule has 4 fully saturated rings. The minimum atomic E-state index is -0.339. The Kier molecular flexibility index (Phi) is 8.32. The maximum atomic E-state index is 13.6. The Hall–Kier alpha value is -3.65. The minimum absolute atomic E-state index is 0.0500. The number of fused-ring (bicyclic) bond motifs is 2. The van der Waals surface area contributed by atoms with Crippen LogP contribution in [0.1, 0.15) is 43.4 Å². The van der Waals surface area contributed by atoms with Gasteiger partial charge < -0.3 is 33.9 Å². The Labute approximate surface area is 281 Å². The summed E-state index contributed by atoms with van der Waals surface area (Å²) >= 11 is 6.74. The second kappa shape index (κ2) is 12.8. The third kappa shape index (κ3) is 5.87. The molecule has 8 rings (SSSR count). The van der Waals surface area contributed by atoms with E-state index in [4.69, 9.17) is 37.6 Å². The molecular weight excluding hydrogens is 614 g/mol. The second-order valence-electron chi connectivity index (χ2n) is 13.8. The van der Waals surface area contributed by atoms with Crippen molar-refractivity contribution in [3.8, 4) is 6.01 Å². The molecule has 5 heterocycles. The van der Waals surface area contributed by atoms with E-state index >= 15 is 0 Å². The lowest BCUT2D eigenvalue weighted by Gasteiger charge is -2.41. The molecule has 1 aliphatic carbocycles. The average molecular weight is 656 g/mol. The van der Waals surface area contributed by atoms with Crippen molar-refractivity contribution in [3.63, 3.8) is 0 Å². The number of ether oxygens (including phenoxy) is 2. The number of rotatable bonds is 8. The maximum Gasteiger partial charge on any atom is 0.318 e. The quantitative estimate of drug-likeness (QED) is 0.252. The molecule has 0 spiro atoms. The molecule has 5 aliphatic rings. The summed E-state index contributed by atoms with van der Waals surface area (Å²) in [5, 5.41) is 2.91. The molecule has 246 valence electrons. The summed E-state index contributed by atoms with van der Waals surface area (Å²) in [5.41, 5.74) is 3.17. The minimum Gasteiger partial charge on any atom is -0.462 e. The van der Waals surface area contributed by atoms with Crippen molar-refractivity contribution in [2.75, 3.05) is 62.7 Å². The fourth-order valence-corrected chi connectivity index (χ4v) is 8.31. The zero-order chi connectivity index (χ0) is 32.1. The first-order valence-electron chi connectivity index (χ1n) is 17.2. The van der Waals surface area contributed by atoms with E-state index in [1.54, 1.807) is 0 Å². The molecule has 4 aliphatic heterocycles. The number of amides is 1. The molecule has 2 aromatic carbocycles. The number of likely N-dealkylation sites (tertiary alicyclic amines) is 1. The number of aromatic nitrogens is 2. The number of hydrogen-bond acceptors (Lipinski definition) is 8. The molecule has 3 aromatic rings. The standard InChI is InChI=1S/C36H42ClN7O3/c1-38-19-26-20-43(17-18-44(26)35(45)33-32(47-33)24-9-3-10-24)34-27-14-16-42(30-13-5-8-23-7-4-12-28(37)31(23)30)21-29(27)39-36(40-34)46-22-25-11-6-15-41(25)2/h4-5,7-8,12-13,24-26,32-33H,3,6,9-11,14-22H2,2H3/t25-,26-,32-,33-/m0/s1. The number of nitrogens with zero attached hydrogens (tertiary/aromatic N) is 7. The first-order chi connectivity index (χ1) is 23.0. The largest absolute Gasteiger partial charge is 0.462 e. The van der Waals surface area contributed by atoms with E-state index in [-0.39, 0.29) is 30.7 Å². The summed E-state index contributed by atoms with van der Waals surface area (Å²) in [4.78, 5) is 36.3. The Morgan fingerprint density at radius 2 is 1.89 bits per heavy atom. The molecule has 1 saturated carbocycles. The van der Waals surface area contributed by atoms with Gasteiger partial charge in [0.05, 0.1) is 23.4 Å². The normalized spacial score (nSPS) is 26.2. The van der Waals surface area contributed by atoms with Gasteiger partial charge in [-0.1, -0.05) is 42.3 Å². The molecule has 10 nitrogen and oxygen atoms in total. The molecule has 0 bridgehead atoms. The van der Waals surface area contributed by atoms with Gasteiger partial charge in [0.25, 0.3) is 5.91 Å². The smallest absolute Gasteiger partial charge is 0.318 e. The van der Waals surface area contributed by atoms with Crippen molar-refractivity contribution < 1.29 is 14.3 Å². The van der Waals surface area contributed by atoms with Crippen molar-refractivity contribution in [3.05, 3.63) is 64.1 Å². The van der Waals surface area contributed by atoms with Gasteiger partial charge in [-0.2, -0.15) is 9.97 Å². The lowest BCUT2D eigenvalue weighted by Crippen LogP contribution is -2.58. The number of likely N-dealkylation sites (N-methyl/N-ethyl adjacent to an activating group) is 1. The maximum absolute atomic E-state index is 13.6. The van der Waals surface area contributed by atoms with Crippen LogP contribution in [0, 0.1) is 12.5 Å². The lowest BCUT2D eigenvalue weighted by molar-refractivity contribution is -0.135. The van der Waals surface area contributed by atoms with Crippen LogP contribution in [-0.2, 0) is 22.5 Å².